The Morgan fingerprint density at radius 3 is 2.10 bits per heavy atom. The van der Waals surface area contributed by atoms with Gasteiger partial charge in [-0.25, -0.2) is 0 Å². The molecule has 3 aromatic heterocycles. The number of para-hydroxylation sites is 4. The molecule has 1 unspecified atom stereocenters. The van der Waals surface area contributed by atoms with Crippen LogP contribution in [-0.4, -0.2) is 26.3 Å². The molecule has 5 nitrogen and oxygen atoms in total. The van der Waals surface area contributed by atoms with E-state index in [4.69, 9.17) is 0 Å². The summed E-state index contributed by atoms with van der Waals surface area (Å²) in [5.41, 5.74) is 16.5. The Bertz CT molecular complexity index is 2740. The van der Waals surface area contributed by atoms with Crippen LogP contribution in [0.3, 0.4) is 0 Å². The average molecular weight is 653 g/mol. The molecule has 238 valence electrons. The van der Waals surface area contributed by atoms with Crippen molar-refractivity contribution >= 4 is 55.8 Å². The third-order valence-electron chi connectivity index (χ3n) is 10.6. The van der Waals surface area contributed by atoms with Crippen molar-refractivity contribution in [3.8, 4) is 27.9 Å². The number of anilines is 2. The average Bonchev–Trinajstić information content (AvgIpc) is 3.73. The molecule has 0 radical (unpaired) electrons. The predicted octanol–water partition coefficient (Wildman–Crippen LogP) is 10.7. The lowest BCUT2D eigenvalue weighted by Gasteiger charge is -2.33. The van der Waals surface area contributed by atoms with E-state index in [9.17, 15) is 0 Å². The van der Waals surface area contributed by atoms with E-state index < -0.39 is 0 Å². The van der Waals surface area contributed by atoms with Crippen molar-refractivity contribution in [2.75, 3.05) is 4.90 Å². The lowest BCUT2D eigenvalue weighted by Crippen LogP contribution is -2.43. The second kappa shape index (κ2) is 10.8. The fourth-order valence-electron chi connectivity index (χ4n) is 8.49. The molecule has 8 aromatic rings. The van der Waals surface area contributed by atoms with E-state index in [1.807, 2.05) is 36.9 Å². The van der Waals surface area contributed by atoms with Crippen LogP contribution in [0.2, 0.25) is 0 Å². The molecule has 0 spiro atoms. The Morgan fingerprint density at radius 1 is 0.608 bits per heavy atom. The molecule has 1 aliphatic carbocycles. The van der Waals surface area contributed by atoms with Gasteiger partial charge in [-0.2, -0.15) is 4.58 Å². The number of rotatable bonds is 4. The normalized spacial score (nSPS) is 15.6. The topological polar surface area (TPSA) is 37.0 Å². The van der Waals surface area contributed by atoms with Crippen molar-refractivity contribution < 1.29 is 0 Å². The molecule has 51 heavy (non-hydrogen) atoms. The summed E-state index contributed by atoms with van der Waals surface area (Å²) >= 11 is 0. The van der Waals surface area contributed by atoms with Gasteiger partial charge in [-0.05, 0) is 65.2 Å². The molecular weight excluding hydrogens is 623 g/mol. The highest BCUT2D eigenvalue weighted by atomic mass is 15.3. The van der Waals surface area contributed by atoms with Gasteiger partial charge in [0, 0.05) is 82.2 Å². The predicted molar refractivity (Wildman–Crippen MR) is 210 cm³/mol. The molecule has 1 atom stereocenters. The van der Waals surface area contributed by atoms with Crippen LogP contribution in [0.15, 0.2) is 176 Å². The first-order chi connectivity index (χ1) is 25.3. The standard InChI is InChI=1S/C46H30N5/c1-2-13-34(14-3-1)49-40-18-6-7-19-41(40)51-45-36(16-8-20-43(45)49)37-21-22-42-44(46(37)51)38-15-4-5-17-39(38)50(42)35-26-32(30-11-9-23-47-28-30)25-33(27-35)31-12-10-24-48-29-31/h1-29,45H/q+1. The van der Waals surface area contributed by atoms with Crippen molar-refractivity contribution in [2.45, 2.75) is 6.04 Å². The minimum Gasteiger partial charge on any atom is -0.317 e. The maximum Gasteiger partial charge on any atom is 0.235 e. The van der Waals surface area contributed by atoms with Crippen molar-refractivity contribution in [2.24, 2.45) is 0 Å². The number of hydrogen-bond acceptors (Lipinski definition) is 3. The third kappa shape index (κ3) is 4.06. The summed E-state index contributed by atoms with van der Waals surface area (Å²) in [7, 11) is 0. The molecular formula is C46H30N5+. The van der Waals surface area contributed by atoms with Gasteiger partial charge in [0.1, 0.15) is 11.7 Å². The second-order valence-electron chi connectivity index (χ2n) is 13.3. The molecule has 0 saturated heterocycles. The van der Waals surface area contributed by atoms with Crippen LogP contribution in [0.4, 0.5) is 22.7 Å². The number of allylic oxidation sites excluding steroid dienone is 2. The van der Waals surface area contributed by atoms with Crippen molar-refractivity contribution in [1.29, 1.82) is 0 Å². The smallest absolute Gasteiger partial charge is 0.235 e. The highest BCUT2D eigenvalue weighted by Gasteiger charge is 2.49. The molecule has 5 heteroatoms. The molecule has 3 aliphatic rings. The Balaban J connectivity index is 1.21. The maximum atomic E-state index is 4.46. The lowest BCUT2D eigenvalue weighted by molar-refractivity contribution is 0.933. The second-order valence-corrected chi connectivity index (χ2v) is 13.3. The fourth-order valence-corrected chi connectivity index (χ4v) is 8.49. The fraction of sp³-hybridized carbons (Fsp3) is 0.0217. The summed E-state index contributed by atoms with van der Waals surface area (Å²) in [4.78, 5) is 11.5. The summed E-state index contributed by atoms with van der Waals surface area (Å²) in [5.74, 6) is 0. The Morgan fingerprint density at radius 2 is 1.33 bits per heavy atom. The maximum absolute atomic E-state index is 4.46. The van der Waals surface area contributed by atoms with E-state index in [1.165, 1.54) is 61.4 Å². The quantitative estimate of drug-likeness (QED) is 0.178. The van der Waals surface area contributed by atoms with Gasteiger partial charge in [0.15, 0.2) is 0 Å². The molecule has 2 aliphatic heterocycles. The van der Waals surface area contributed by atoms with Gasteiger partial charge in [0.05, 0.1) is 16.7 Å². The summed E-state index contributed by atoms with van der Waals surface area (Å²) in [6, 6.07) is 48.3. The van der Waals surface area contributed by atoms with Crippen molar-refractivity contribution in [1.82, 2.24) is 19.1 Å². The number of nitrogens with zero attached hydrogens (tertiary/aromatic N) is 5. The van der Waals surface area contributed by atoms with E-state index >= 15 is 0 Å². The Kier molecular flexibility index (Phi) is 5.95. The minimum atomic E-state index is 0.0545. The van der Waals surface area contributed by atoms with E-state index in [0.717, 1.165) is 27.9 Å². The first-order valence-corrected chi connectivity index (χ1v) is 17.3. The van der Waals surface area contributed by atoms with Gasteiger partial charge >= 0.3 is 0 Å². The van der Waals surface area contributed by atoms with Crippen LogP contribution in [0.25, 0.3) is 55.3 Å². The van der Waals surface area contributed by atoms with Crippen LogP contribution in [-0.2, 0) is 0 Å². The number of aromatic nitrogens is 3. The van der Waals surface area contributed by atoms with Crippen molar-refractivity contribution in [3.63, 3.8) is 0 Å². The highest BCUT2D eigenvalue weighted by Crippen LogP contribution is 2.56. The van der Waals surface area contributed by atoms with Crippen LogP contribution in [0, 0.1) is 0 Å². The van der Waals surface area contributed by atoms with Gasteiger partial charge < -0.3 is 9.47 Å². The van der Waals surface area contributed by atoms with Crippen molar-refractivity contribution in [3.05, 3.63) is 182 Å². The highest BCUT2D eigenvalue weighted by molar-refractivity contribution is 6.27. The number of fused-ring (bicyclic) bond motifs is 9. The number of pyridine rings is 2. The van der Waals surface area contributed by atoms with Gasteiger partial charge in [0.2, 0.25) is 17.1 Å². The molecule has 0 saturated carbocycles. The molecule has 5 heterocycles. The van der Waals surface area contributed by atoms with Crippen LogP contribution in [0.5, 0.6) is 0 Å². The zero-order valence-corrected chi connectivity index (χ0v) is 27.6. The SMILES string of the molecule is C1=CC2=[N+](c3ccccc3)c3ccccc3N3c4c(ccc5c4c4ccccc4n5-c4cc(-c5cccnc5)cc(-c5cccnc5)c4)C(=C1)C23. The Labute approximate surface area is 295 Å². The Hall–Kier alpha value is -6.85. The monoisotopic (exact) mass is 652 g/mol. The first-order valence-electron chi connectivity index (χ1n) is 17.3. The minimum absolute atomic E-state index is 0.0545. The van der Waals surface area contributed by atoms with Crippen LogP contribution in [0.1, 0.15) is 5.56 Å². The van der Waals surface area contributed by atoms with Crippen LogP contribution >= 0.6 is 0 Å². The van der Waals surface area contributed by atoms with Gasteiger partial charge in [-0.15, -0.1) is 0 Å². The van der Waals surface area contributed by atoms with Gasteiger partial charge in [-0.3, -0.25) is 9.97 Å². The van der Waals surface area contributed by atoms with E-state index in [2.05, 4.69) is 164 Å². The van der Waals surface area contributed by atoms with Crippen LogP contribution < -0.4 is 9.48 Å². The molecule has 5 aromatic carbocycles. The van der Waals surface area contributed by atoms with Gasteiger partial charge in [0.25, 0.3) is 0 Å². The molecule has 0 N–H and O–H groups in total. The van der Waals surface area contributed by atoms with E-state index in [0.29, 0.717) is 0 Å². The molecule has 0 fully saturated rings. The largest absolute Gasteiger partial charge is 0.317 e. The molecule has 0 bridgehead atoms. The first kappa shape index (κ1) is 28.0. The number of benzene rings is 5. The molecule has 11 rings (SSSR count). The van der Waals surface area contributed by atoms with E-state index in [1.54, 1.807) is 0 Å². The van der Waals surface area contributed by atoms with E-state index in [-0.39, 0.29) is 6.04 Å². The number of hydrogen-bond donors (Lipinski definition) is 0. The zero-order valence-electron chi connectivity index (χ0n) is 27.6. The summed E-state index contributed by atoms with van der Waals surface area (Å²) in [6.07, 6.45) is 14.4. The summed E-state index contributed by atoms with van der Waals surface area (Å²) in [5, 5.41) is 2.49. The lowest BCUT2D eigenvalue weighted by atomic mass is 9.92. The molecule has 0 amide bonds. The summed E-state index contributed by atoms with van der Waals surface area (Å²) in [6.45, 7) is 0. The third-order valence-corrected chi connectivity index (χ3v) is 10.6. The zero-order chi connectivity index (χ0) is 33.5. The van der Waals surface area contributed by atoms with Gasteiger partial charge in [-0.1, -0.05) is 78.9 Å². The summed E-state index contributed by atoms with van der Waals surface area (Å²) < 4.78 is 4.88.